The van der Waals surface area contributed by atoms with Crippen LogP contribution in [-0.4, -0.2) is 9.78 Å². The Bertz CT molecular complexity index is 354. The van der Waals surface area contributed by atoms with E-state index in [-0.39, 0.29) is 5.56 Å². The molecule has 0 spiro atoms. The number of anilines is 1. The van der Waals surface area contributed by atoms with Gasteiger partial charge < -0.3 is 5.73 Å². The van der Waals surface area contributed by atoms with Gasteiger partial charge in [0.1, 0.15) is 5.69 Å². The normalized spacial score (nSPS) is 10.9. The zero-order valence-corrected chi connectivity index (χ0v) is 10.9. The number of nitrogens with two attached hydrogens (primary N) is 1. The van der Waals surface area contributed by atoms with Crippen molar-refractivity contribution in [1.29, 1.82) is 0 Å². The van der Waals surface area contributed by atoms with Gasteiger partial charge in [0.05, 0.1) is 0 Å². The van der Waals surface area contributed by atoms with Crippen molar-refractivity contribution in [3.8, 4) is 0 Å². The number of aryl methyl sites for hydroxylation is 1. The molecule has 1 aromatic rings. The lowest BCUT2D eigenvalue weighted by molar-refractivity contribution is 0.518. The van der Waals surface area contributed by atoms with Gasteiger partial charge in [-0.2, -0.15) is 0 Å². The first-order valence-corrected chi connectivity index (χ1v) is 6.79. The molecule has 0 aromatic carbocycles. The van der Waals surface area contributed by atoms with Crippen molar-refractivity contribution >= 4 is 5.69 Å². The van der Waals surface area contributed by atoms with E-state index in [1.165, 1.54) is 44.9 Å². The van der Waals surface area contributed by atoms with Crippen molar-refractivity contribution in [2.75, 3.05) is 5.73 Å². The summed E-state index contributed by atoms with van der Waals surface area (Å²) in [5.74, 6) is 0. The second-order valence-electron chi connectivity index (χ2n) is 4.69. The summed E-state index contributed by atoms with van der Waals surface area (Å²) in [6.07, 6.45) is 12.1. The molecule has 0 fully saturated rings. The van der Waals surface area contributed by atoms with E-state index in [0.717, 1.165) is 13.0 Å². The van der Waals surface area contributed by atoms with Crippen LogP contribution in [-0.2, 0) is 6.54 Å². The molecule has 0 aliphatic carbocycles. The molecule has 17 heavy (non-hydrogen) atoms. The number of rotatable bonds is 9. The van der Waals surface area contributed by atoms with Crippen molar-refractivity contribution in [1.82, 2.24) is 9.78 Å². The summed E-state index contributed by atoms with van der Waals surface area (Å²) in [5, 5.41) is 2.70. The van der Waals surface area contributed by atoms with Gasteiger partial charge in [-0.15, -0.1) is 0 Å². The third kappa shape index (κ3) is 5.61. The minimum atomic E-state index is -0.176. The fourth-order valence-electron chi connectivity index (χ4n) is 1.99. The molecule has 0 aliphatic rings. The molecule has 1 rings (SSSR count). The molecule has 1 heterocycles. The summed E-state index contributed by atoms with van der Waals surface area (Å²) in [6, 6.07) is 0. The van der Waals surface area contributed by atoms with Gasteiger partial charge in [-0.1, -0.05) is 51.9 Å². The quantitative estimate of drug-likeness (QED) is 0.651. The summed E-state index contributed by atoms with van der Waals surface area (Å²) in [4.78, 5) is 11.1. The monoisotopic (exact) mass is 239 g/mol. The number of H-pyrrole nitrogens is 1. The van der Waals surface area contributed by atoms with Crippen molar-refractivity contribution < 1.29 is 0 Å². The maximum atomic E-state index is 11.1. The van der Waals surface area contributed by atoms with Crippen molar-refractivity contribution in [3.05, 3.63) is 16.6 Å². The van der Waals surface area contributed by atoms with Crippen molar-refractivity contribution in [3.63, 3.8) is 0 Å². The van der Waals surface area contributed by atoms with Crippen LogP contribution in [0.5, 0.6) is 0 Å². The number of nitrogen functional groups attached to an aromatic ring is 1. The molecule has 1 aromatic heterocycles. The van der Waals surface area contributed by atoms with Crippen LogP contribution in [0.1, 0.15) is 58.3 Å². The maximum absolute atomic E-state index is 11.1. The first-order chi connectivity index (χ1) is 8.24. The molecule has 4 heteroatoms. The van der Waals surface area contributed by atoms with E-state index in [2.05, 4.69) is 12.0 Å². The van der Waals surface area contributed by atoms with Crippen LogP contribution in [0.3, 0.4) is 0 Å². The topological polar surface area (TPSA) is 63.8 Å². The van der Waals surface area contributed by atoms with Gasteiger partial charge in [0.25, 0.3) is 5.56 Å². The molecule has 0 amide bonds. The predicted molar refractivity (Wildman–Crippen MR) is 72.1 cm³/mol. The Hall–Kier alpha value is -1.19. The van der Waals surface area contributed by atoms with Crippen molar-refractivity contribution in [2.24, 2.45) is 0 Å². The standard InChI is InChI=1S/C13H25N3O/c1-2-3-4-5-6-7-8-9-10-16-11-12(14)13(17)15-16/h11H,2-10,14H2,1H3,(H,15,17). The molecule has 3 N–H and O–H groups in total. The number of hydrogen-bond donors (Lipinski definition) is 2. The van der Waals surface area contributed by atoms with Gasteiger partial charge in [0, 0.05) is 12.7 Å². The van der Waals surface area contributed by atoms with Crippen LogP contribution < -0.4 is 11.3 Å². The van der Waals surface area contributed by atoms with E-state index >= 15 is 0 Å². The summed E-state index contributed by atoms with van der Waals surface area (Å²) in [7, 11) is 0. The minimum absolute atomic E-state index is 0.176. The van der Waals surface area contributed by atoms with Gasteiger partial charge in [-0.25, -0.2) is 0 Å². The van der Waals surface area contributed by atoms with Crippen LogP contribution >= 0.6 is 0 Å². The van der Waals surface area contributed by atoms with Gasteiger partial charge in [0.15, 0.2) is 0 Å². The highest BCUT2D eigenvalue weighted by atomic mass is 16.1. The van der Waals surface area contributed by atoms with Gasteiger partial charge in [-0.3, -0.25) is 14.6 Å². The second kappa shape index (κ2) is 7.98. The van der Waals surface area contributed by atoms with Gasteiger partial charge in [-0.05, 0) is 6.42 Å². The second-order valence-corrected chi connectivity index (χ2v) is 4.69. The molecular formula is C13H25N3O. The molecule has 98 valence electrons. The van der Waals surface area contributed by atoms with Crippen LogP contribution in [0.4, 0.5) is 5.69 Å². The summed E-state index contributed by atoms with van der Waals surface area (Å²) in [5.41, 5.74) is 5.61. The zero-order chi connectivity index (χ0) is 12.5. The molecule has 0 aliphatic heterocycles. The van der Waals surface area contributed by atoms with E-state index in [1.807, 2.05) is 0 Å². The Labute approximate surface area is 103 Å². The molecule has 0 bridgehead atoms. The summed E-state index contributed by atoms with van der Waals surface area (Å²) in [6.45, 7) is 3.10. The lowest BCUT2D eigenvalue weighted by Crippen LogP contribution is -2.07. The van der Waals surface area contributed by atoms with Crippen LogP contribution in [0.15, 0.2) is 11.0 Å². The van der Waals surface area contributed by atoms with Crippen molar-refractivity contribution in [2.45, 2.75) is 64.8 Å². The lowest BCUT2D eigenvalue weighted by atomic mass is 10.1. The average Bonchev–Trinajstić information content (AvgIpc) is 2.62. The smallest absolute Gasteiger partial charge is 0.287 e. The van der Waals surface area contributed by atoms with Crippen LogP contribution in [0.2, 0.25) is 0 Å². The Kier molecular flexibility index (Phi) is 6.51. The van der Waals surface area contributed by atoms with E-state index in [0.29, 0.717) is 5.69 Å². The van der Waals surface area contributed by atoms with E-state index in [1.54, 1.807) is 10.9 Å². The number of nitrogens with one attached hydrogen (secondary N) is 1. The first kappa shape index (κ1) is 13.9. The minimum Gasteiger partial charge on any atom is -0.393 e. The van der Waals surface area contributed by atoms with Gasteiger partial charge in [0.2, 0.25) is 0 Å². The highest BCUT2D eigenvalue weighted by Crippen LogP contribution is 2.08. The zero-order valence-electron chi connectivity index (χ0n) is 10.9. The first-order valence-electron chi connectivity index (χ1n) is 6.79. The lowest BCUT2D eigenvalue weighted by Gasteiger charge is -2.02. The number of nitrogens with zero attached hydrogens (tertiary/aromatic N) is 1. The van der Waals surface area contributed by atoms with Crippen LogP contribution in [0, 0.1) is 0 Å². The highest BCUT2D eigenvalue weighted by molar-refractivity contribution is 5.30. The number of aromatic nitrogens is 2. The Balaban J connectivity index is 1.99. The average molecular weight is 239 g/mol. The Morgan fingerprint density at radius 3 is 2.24 bits per heavy atom. The van der Waals surface area contributed by atoms with Crippen LogP contribution in [0.25, 0.3) is 0 Å². The summed E-state index contributed by atoms with van der Waals surface area (Å²) >= 11 is 0. The SMILES string of the molecule is CCCCCCCCCCn1cc(N)c(=O)[nH]1. The van der Waals surface area contributed by atoms with E-state index < -0.39 is 0 Å². The number of aromatic amines is 1. The number of unbranched alkanes of at least 4 members (excludes halogenated alkanes) is 7. The number of hydrogen-bond acceptors (Lipinski definition) is 2. The Morgan fingerprint density at radius 1 is 1.12 bits per heavy atom. The van der Waals surface area contributed by atoms with E-state index in [4.69, 9.17) is 5.73 Å². The molecular weight excluding hydrogens is 214 g/mol. The molecule has 0 saturated heterocycles. The molecule has 0 saturated carbocycles. The summed E-state index contributed by atoms with van der Waals surface area (Å²) < 4.78 is 1.79. The fraction of sp³-hybridized carbons (Fsp3) is 0.769. The largest absolute Gasteiger partial charge is 0.393 e. The third-order valence-corrected chi connectivity index (χ3v) is 3.05. The molecule has 0 unspecified atom stereocenters. The Morgan fingerprint density at radius 2 is 1.71 bits per heavy atom. The third-order valence-electron chi connectivity index (χ3n) is 3.05. The van der Waals surface area contributed by atoms with Gasteiger partial charge >= 0.3 is 0 Å². The predicted octanol–water partition coefficient (Wildman–Crippen LogP) is 2.90. The molecule has 4 nitrogen and oxygen atoms in total. The highest BCUT2D eigenvalue weighted by Gasteiger charge is 1.98. The molecule has 0 atom stereocenters. The molecule has 0 radical (unpaired) electrons. The fourth-order valence-corrected chi connectivity index (χ4v) is 1.99. The van der Waals surface area contributed by atoms with E-state index in [9.17, 15) is 4.79 Å². The maximum Gasteiger partial charge on any atom is 0.287 e.